The average Bonchev–Trinajstić information content (AvgIpc) is 3.25. The molecule has 0 saturated heterocycles. The van der Waals surface area contributed by atoms with Crippen molar-refractivity contribution in [3.05, 3.63) is 109 Å². The zero-order chi connectivity index (χ0) is 47.1. The van der Waals surface area contributed by atoms with Gasteiger partial charge in [0, 0.05) is 12.8 Å². The molecule has 0 amide bonds. The molecular weight excluding hydrogens is 822 g/mol. The highest BCUT2D eigenvalue weighted by molar-refractivity contribution is 7.45. The van der Waals surface area contributed by atoms with Crippen molar-refractivity contribution in [1.82, 2.24) is 0 Å². The van der Waals surface area contributed by atoms with Crippen LogP contribution in [-0.4, -0.2) is 70.0 Å². The minimum absolute atomic E-state index is 0.0442. The Balaban J connectivity index is 4.37. The van der Waals surface area contributed by atoms with Gasteiger partial charge in [-0.3, -0.25) is 14.2 Å². The number of carbonyl (C=O) groups is 2. The van der Waals surface area contributed by atoms with Gasteiger partial charge in [0.05, 0.1) is 27.7 Å². The van der Waals surface area contributed by atoms with Crippen molar-refractivity contribution in [2.75, 3.05) is 47.5 Å². The molecule has 0 aliphatic carbocycles. The van der Waals surface area contributed by atoms with E-state index >= 15 is 0 Å². The lowest BCUT2D eigenvalue weighted by Gasteiger charge is -2.28. The molecule has 0 radical (unpaired) electrons. The molecule has 2 unspecified atom stereocenters. The number of rotatable bonds is 43. The first-order chi connectivity index (χ1) is 31.0. The van der Waals surface area contributed by atoms with Gasteiger partial charge in [0.25, 0.3) is 7.82 Å². The van der Waals surface area contributed by atoms with Gasteiger partial charge in [-0.05, 0) is 96.3 Å². The van der Waals surface area contributed by atoms with Gasteiger partial charge < -0.3 is 27.9 Å². The Hall–Kier alpha value is -3.33. The smallest absolute Gasteiger partial charge is 0.306 e. The molecule has 2 atom stereocenters. The van der Waals surface area contributed by atoms with Crippen LogP contribution in [0.1, 0.15) is 168 Å². The van der Waals surface area contributed by atoms with Crippen LogP contribution in [0.25, 0.3) is 0 Å². The SMILES string of the molecule is CC/C=C\C/C=C\C/C=C\C/C=C\C/C=C\CCCCCCCCCC(=O)OC(COC(=O)CCCCCC/C=C\C/C=C\C/C=C\C/C=C\CC)COP(=O)([O-])OCC[N+](C)(C)C. The quantitative estimate of drug-likeness (QED) is 0.0195. The Morgan fingerprint density at radius 1 is 0.484 bits per heavy atom. The number of likely N-dealkylation sites (N-methyl/N-ethyl adjacent to an activating group) is 1. The predicted molar refractivity (Wildman–Crippen MR) is 268 cm³/mol. The molecule has 0 spiro atoms. The van der Waals surface area contributed by atoms with E-state index in [0.29, 0.717) is 23.9 Å². The first-order valence-corrected chi connectivity index (χ1v) is 26.1. The largest absolute Gasteiger partial charge is 0.756 e. The number of hydrogen-bond acceptors (Lipinski definition) is 8. The van der Waals surface area contributed by atoms with E-state index in [2.05, 4.69) is 123 Å². The molecule has 0 aromatic rings. The maximum absolute atomic E-state index is 12.7. The molecule has 0 aromatic carbocycles. The van der Waals surface area contributed by atoms with E-state index in [1.54, 1.807) is 0 Å². The van der Waals surface area contributed by atoms with E-state index in [4.69, 9.17) is 18.5 Å². The molecule has 0 saturated carbocycles. The minimum atomic E-state index is -4.65. The predicted octanol–water partition coefficient (Wildman–Crippen LogP) is 14.1. The maximum atomic E-state index is 12.7. The number of nitrogens with zero attached hydrogens (tertiary/aromatic N) is 1. The highest BCUT2D eigenvalue weighted by Gasteiger charge is 2.21. The van der Waals surface area contributed by atoms with Crippen LogP contribution in [0.5, 0.6) is 0 Å². The molecule has 0 fully saturated rings. The van der Waals surface area contributed by atoms with Gasteiger partial charge in [-0.2, -0.15) is 0 Å². The Labute approximate surface area is 391 Å². The van der Waals surface area contributed by atoms with Gasteiger partial charge in [0.15, 0.2) is 6.10 Å². The van der Waals surface area contributed by atoms with Crippen molar-refractivity contribution in [2.45, 2.75) is 174 Å². The van der Waals surface area contributed by atoms with E-state index in [1.807, 2.05) is 21.1 Å². The molecule has 0 rings (SSSR count). The number of allylic oxidation sites excluding steroid dienone is 18. The van der Waals surface area contributed by atoms with Crippen LogP contribution in [0.3, 0.4) is 0 Å². The Kier molecular flexibility index (Phi) is 42.5. The number of phosphoric acid groups is 1. The highest BCUT2D eigenvalue weighted by atomic mass is 31.2. The summed E-state index contributed by atoms with van der Waals surface area (Å²) in [5.41, 5.74) is 0. The summed E-state index contributed by atoms with van der Waals surface area (Å²) >= 11 is 0. The van der Waals surface area contributed by atoms with Gasteiger partial charge >= 0.3 is 11.9 Å². The van der Waals surface area contributed by atoms with Crippen molar-refractivity contribution in [3.63, 3.8) is 0 Å². The second-order valence-electron chi connectivity index (χ2n) is 17.1. The summed E-state index contributed by atoms with van der Waals surface area (Å²) in [7, 11) is 1.12. The molecule has 10 heteroatoms. The molecule has 0 bridgehead atoms. The van der Waals surface area contributed by atoms with Crippen LogP contribution >= 0.6 is 7.82 Å². The second kappa shape index (κ2) is 44.9. The number of carbonyl (C=O) groups excluding carboxylic acids is 2. The molecule has 0 aliphatic heterocycles. The lowest BCUT2D eigenvalue weighted by atomic mass is 10.1. The molecule has 0 N–H and O–H groups in total. The fourth-order valence-electron chi connectivity index (χ4n) is 6.02. The van der Waals surface area contributed by atoms with Crippen molar-refractivity contribution in [1.29, 1.82) is 0 Å². The van der Waals surface area contributed by atoms with Crippen LogP contribution in [-0.2, 0) is 32.7 Å². The molecule has 0 heterocycles. The molecular formula is C54H90NO8P. The van der Waals surface area contributed by atoms with Crippen LogP contribution in [0.2, 0.25) is 0 Å². The number of unbranched alkanes of at least 4 members (excludes halogenated alkanes) is 11. The monoisotopic (exact) mass is 912 g/mol. The van der Waals surface area contributed by atoms with Crippen LogP contribution in [0.4, 0.5) is 0 Å². The number of phosphoric ester groups is 1. The van der Waals surface area contributed by atoms with Gasteiger partial charge in [-0.15, -0.1) is 0 Å². The van der Waals surface area contributed by atoms with E-state index in [0.717, 1.165) is 116 Å². The lowest BCUT2D eigenvalue weighted by molar-refractivity contribution is -0.870. The van der Waals surface area contributed by atoms with E-state index < -0.39 is 32.5 Å². The van der Waals surface area contributed by atoms with Crippen molar-refractivity contribution in [2.24, 2.45) is 0 Å². The number of esters is 2. The Morgan fingerprint density at radius 3 is 1.25 bits per heavy atom. The number of quaternary nitrogens is 1. The average molecular weight is 912 g/mol. The van der Waals surface area contributed by atoms with Gasteiger partial charge in [-0.1, -0.05) is 168 Å². The van der Waals surface area contributed by atoms with E-state index in [-0.39, 0.29) is 26.1 Å². The molecule has 9 nitrogen and oxygen atoms in total. The fraction of sp³-hybridized carbons (Fsp3) is 0.630. The molecule has 64 heavy (non-hydrogen) atoms. The fourth-order valence-corrected chi connectivity index (χ4v) is 6.75. The molecule has 0 aromatic heterocycles. The molecule has 0 aliphatic rings. The summed E-state index contributed by atoms with van der Waals surface area (Å²) in [4.78, 5) is 37.7. The number of ether oxygens (including phenoxy) is 2. The van der Waals surface area contributed by atoms with Crippen LogP contribution in [0, 0.1) is 0 Å². The Morgan fingerprint density at radius 2 is 0.844 bits per heavy atom. The standard InChI is InChI=1S/C54H90NO8P/c1-6-8-10-12-14-16-18-20-22-24-25-26-27-28-29-31-33-35-37-39-41-43-45-47-54(57)63-52(51-62-64(58,59)61-49-48-55(3,4)5)50-60-53(56)46-44-42-40-38-36-34-32-30-23-21-19-17-15-13-11-9-7-2/h8-11,14-17,20-23,25-26,28-29,32,34,52H,6-7,12-13,18-19,24,27,30-31,33,35-51H2,1-5H3/b10-8-,11-9-,16-14-,17-15-,22-20-,23-21-,26-25-,29-28-,34-32-. The van der Waals surface area contributed by atoms with Crippen molar-refractivity contribution >= 4 is 19.8 Å². The summed E-state index contributed by atoms with van der Waals surface area (Å²) in [5, 5.41) is 0. The third-order valence-electron chi connectivity index (χ3n) is 9.79. The van der Waals surface area contributed by atoms with E-state index in [1.165, 1.54) is 12.8 Å². The second-order valence-corrected chi connectivity index (χ2v) is 18.5. The summed E-state index contributed by atoms with van der Waals surface area (Å²) in [6.45, 7) is 3.94. The topological polar surface area (TPSA) is 111 Å². The van der Waals surface area contributed by atoms with Crippen molar-refractivity contribution < 1.29 is 42.1 Å². The van der Waals surface area contributed by atoms with Gasteiger partial charge in [0.1, 0.15) is 19.8 Å². The number of hydrogen-bond donors (Lipinski definition) is 0. The summed E-state index contributed by atoms with van der Waals surface area (Å²) in [6, 6.07) is 0. The Bertz CT molecular complexity index is 1450. The van der Waals surface area contributed by atoms with Gasteiger partial charge in [0.2, 0.25) is 0 Å². The molecule has 364 valence electrons. The lowest BCUT2D eigenvalue weighted by Crippen LogP contribution is -2.37. The maximum Gasteiger partial charge on any atom is 0.306 e. The summed E-state index contributed by atoms with van der Waals surface area (Å²) in [5.74, 6) is -0.885. The third-order valence-corrected chi connectivity index (χ3v) is 10.8. The van der Waals surface area contributed by atoms with Crippen LogP contribution in [0.15, 0.2) is 109 Å². The minimum Gasteiger partial charge on any atom is -0.756 e. The van der Waals surface area contributed by atoms with Gasteiger partial charge in [-0.25, -0.2) is 0 Å². The highest BCUT2D eigenvalue weighted by Crippen LogP contribution is 2.38. The normalized spacial score (nSPS) is 14.4. The zero-order valence-electron chi connectivity index (χ0n) is 40.9. The first-order valence-electron chi connectivity index (χ1n) is 24.6. The summed E-state index contributed by atoms with van der Waals surface area (Å²) in [6.07, 6.45) is 61.1. The first kappa shape index (κ1) is 60.7. The summed E-state index contributed by atoms with van der Waals surface area (Å²) < 4.78 is 34.0. The van der Waals surface area contributed by atoms with Crippen LogP contribution < -0.4 is 4.89 Å². The zero-order valence-corrected chi connectivity index (χ0v) is 41.8. The third kappa shape index (κ3) is 48.1. The van der Waals surface area contributed by atoms with E-state index in [9.17, 15) is 19.0 Å². The van der Waals surface area contributed by atoms with Crippen molar-refractivity contribution in [3.8, 4) is 0 Å².